The molecule has 0 fully saturated rings. The minimum atomic E-state index is -0.765. The summed E-state index contributed by atoms with van der Waals surface area (Å²) in [6.45, 7) is 6.95. The number of rotatable bonds is 4. The van der Waals surface area contributed by atoms with E-state index in [0.717, 1.165) is 17.5 Å². The molecule has 1 atom stereocenters. The highest BCUT2D eigenvalue weighted by molar-refractivity contribution is 5.84. The van der Waals surface area contributed by atoms with Crippen LogP contribution in [0.4, 0.5) is 0 Å². The number of carbonyl (C=O) groups is 2. The lowest BCUT2D eigenvalue weighted by Crippen LogP contribution is -2.42. The van der Waals surface area contributed by atoms with Crippen molar-refractivity contribution in [3.8, 4) is 0 Å². The van der Waals surface area contributed by atoms with E-state index >= 15 is 0 Å². The van der Waals surface area contributed by atoms with Crippen molar-refractivity contribution in [1.29, 1.82) is 0 Å². The topological polar surface area (TPSA) is 46.6 Å². The lowest BCUT2D eigenvalue weighted by Gasteiger charge is -2.30. The number of benzene rings is 2. The van der Waals surface area contributed by atoms with Crippen LogP contribution >= 0.6 is 0 Å². The number of amides is 1. The van der Waals surface area contributed by atoms with Gasteiger partial charge in [-0.2, -0.15) is 0 Å². The van der Waals surface area contributed by atoms with Crippen molar-refractivity contribution in [2.45, 2.75) is 46.3 Å². The summed E-state index contributed by atoms with van der Waals surface area (Å²) in [4.78, 5) is 26.6. The zero-order valence-electron chi connectivity index (χ0n) is 15.6. The van der Waals surface area contributed by atoms with E-state index in [0.29, 0.717) is 13.1 Å². The summed E-state index contributed by atoms with van der Waals surface area (Å²) in [6, 6.07) is 14.1. The summed E-state index contributed by atoms with van der Waals surface area (Å²) < 4.78 is 5.40. The maximum atomic E-state index is 12.6. The Labute approximate surface area is 154 Å². The molecule has 0 saturated carbocycles. The Morgan fingerprint density at radius 3 is 2.54 bits per heavy atom. The standard InChI is InChI=1S/C22H25NO3/c1-15-8-9-18(12-16(15)2)13-21(24)26-17(3)22(25)23-11-10-19-6-4-5-7-20(19)14-23/h4-9,12,17H,10-11,13-14H2,1-3H3/t17-/m0/s1. The second-order valence-electron chi connectivity index (χ2n) is 7.01. The first kappa shape index (κ1) is 18.2. The van der Waals surface area contributed by atoms with E-state index in [1.165, 1.54) is 16.7 Å². The van der Waals surface area contributed by atoms with Crippen molar-refractivity contribution < 1.29 is 14.3 Å². The third-order valence-corrected chi connectivity index (χ3v) is 5.02. The second-order valence-corrected chi connectivity index (χ2v) is 7.01. The number of hydrogen-bond donors (Lipinski definition) is 0. The lowest BCUT2D eigenvalue weighted by molar-refractivity contribution is -0.159. The predicted octanol–water partition coefficient (Wildman–Crippen LogP) is 3.36. The van der Waals surface area contributed by atoms with Gasteiger partial charge in [-0.1, -0.05) is 42.5 Å². The van der Waals surface area contributed by atoms with Crippen molar-refractivity contribution in [3.63, 3.8) is 0 Å². The van der Waals surface area contributed by atoms with Crippen molar-refractivity contribution in [1.82, 2.24) is 4.90 Å². The molecule has 1 aliphatic rings. The molecule has 0 N–H and O–H groups in total. The van der Waals surface area contributed by atoms with Gasteiger partial charge in [0.05, 0.1) is 6.42 Å². The average Bonchev–Trinajstić information content (AvgIpc) is 2.63. The number of esters is 1. The number of aryl methyl sites for hydroxylation is 2. The molecule has 0 radical (unpaired) electrons. The first-order valence-corrected chi connectivity index (χ1v) is 9.05. The molecular formula is C22H25NO3. The van der Waals surface area contributed by atoms with Crippen LogP contribution in [0, 0.1) is 13.8 Å². The minimum absolute atomic E-state index is 0.132. The summed E-state index contributed by atoms with van der Waals surface area (Å²) in [7, 11) is 0. The zero-order valence-corrected chi connectivity index (χ0v) is 15.6. The number of nitrogens with zero attached hydrogens (tertiary/aromatic N) is 1. The molecule has 2 aromatic rings. The number of fused-ring (bicyclic) bond motifs is 1. The molecule has 0 unspecified atom stereocenters. The second kappa shape index (κ2) is 7.73. The third-order valence-electron chi connectivity index (χ3n) is 5.02. The van der Waals surface area contributed by atoms with E-state index in [-0.39, 0.29) is 18.3 Å². The molecule has 4 heteroatoms. The van der Waals surface area contributed by atoms with Gasteiger partial charge in [0.2, 0.25) is 0 Å². The Balaban J connectivity index is 1.57. The van der Waals surface area contributed by atoms with E-state index in [1.807, 2.05) is 50.2 Å². The molecule has 0 aliphatic carbocycles. The minimum Gasteiger partial charge on any atom is -0.452 e. The number of ether oxygens (including phenoxy) is 1. The molecule has 4 nitrogen and oxygen atoms in total. The van der Waals surface area contributed by atoms with Crippen LogP contribution in [0.1, 0.15) is 34.7 Å². The van der Waals surface area contributed by atoms with Crippen LogP contribution in [0.2, 0.25) is 0 Å². The highest BCUT2D eigenvalue weighted by atomic mass is 16.5. The van der Waals surface area contributed by atoms with Gasteiger partial charge in [0.15, 0.2) is 6.10 Å². The molecule has 1 heterocycles. The van der Waals surface area contributed by atoms with Gasteiger partial charge >= 0.3 is 5.97 Å². The van der Waals surface area contributed by atoms with E-state index in [9.17, 15) is 9.59 Å². The maximum absolute atomic E-state index is 12.6. The van der Waals surface area contributed by atoms with E-state index in [4.69, 9.17) is 4.74 Å². The van der Waals surface area contributed by atoms with E-state index in [2.05, 4.69) is 6.07 Å². The van der Waals surface area contributed by atoms with E-state index < -0.39 is 6.10 Å². The van der Waals surface area contributed by atoms with Crippen LogP contribution in [0.15, 0.2) is 42.5 Å². The molecule has 0 spiro atoms. The summed E-state index contributed by atoms with van der Waals surface area (Å²) in [5, 5.41) is 0. The number of carbonyl (C=O) groups excluding carboxylic acids is 2. The Morgan fingerprint density at radius 1 is 1.08 bits per heavy atom. The van der Waals surface area contributed by atoms with Crippen molar-refractivity contribution in [2.75, 3.05) is 6.54 Å². The van der Waals surface area contributed by atoms with Gasteiger partial charge in [-0.05, 0) is 55.0 Å². The molecule has 0 aromatic heterocycles. The van der Waals surface area contributed by atoms with Crippen molar-refractivity contribution >= 4 is 11.9 Å². The molecule has 0 saturated heterocycles. The van der Waals surface area contributed by atoms with Gasteiger partial charge in [-0.3, -0.25) is 9.59 Å². The van der Waals surface area contributed by atoms with Crippen LogP contribution in [-0.2, 0) is 33.7 Å². The highest BCUT2D eigenvalue weighted by Crippen LogP contribution is 2.19. The molecule has 1 amide bonds. The van der Waals surface area contributed by atoms with E-state index in [1.54, 1.807) is 11.8 Å². The van der Waals surface area contributed by atoms with Gasteiger partial charge in [0.1, 0.15) is 0 Å². The average molecular weight is 351 g/mol. The van der Waals surface area contributed by atoms with Crippen molar-refractivity contribution in [2.24, 2.45) is 0 Å². The maximum Gasteiger partial charge on any atom is 0.311 e. The quantitative estimate of drug-likeness (QED) is 0.794. The molecule has 136 valence electrons. The van der Waals surface area contributed by atoms with Crippen LogP contribution in [0.25, 0.3) is 0 Å². The fraction of sp³-hybridized carbons (Fsp3) is 0.364. The monoisotopic (exact) mass is 351 g/mol. The van der Waals surface area contributed by atoms with Crippen LogP contribution < -0.4 is 0 Å². The summed E-state index contributed by atoms with van der Waals surface area (Å²) in [6.07, 6.45) is 0.256. The third kappa shape index (κ3) is 4.13. The van der Waals surface area contributed by atoms with Gasteiger partial charge < -0.3 is 9.64 Å². The summed E-state index contributed by atoms with van der Waals surface area (Å²) >= 11 is 0. The van der Waals surface area contributed by atoms with Crippen molar-refractivity contribution in [3.05, 3.63) is 70.3 Å². The van der Waals surface area contributed by atoms with Gasteiger partial charge in [0, 0.05) is 13.1 Å². The molecule has 1 aliphatic heterocycles. The summed E-state index contributed by atoms with van der Waals surface area (Å²) in [5.74, 6) is -0.501. The first-order chi connectivity index (χ1) is 12.4. The zero-order chi connectivity index (χ0) is 18.7. The SMILES string of the molecule is Cc1ccc(CC(=O)O[C@@H](C)C(=O)N2CCc3ccccc3C2)cc1C. The number of hydrogen-bond acceptors (Lipinski definition) is 3. The van der Waals surface area contributed by atoms with Crippen LogP contribution in [0.5, 0.6) is 0 Å². The van der Waals surface area contributed by atoms with Crippen LogP contribution in [0.3, 0.4) is 0 Å². The molecule has 3 rings (SSSR count). The Morgan fingerprint density at radius 2 is 1.81 bits per heavy atom. The smallest absolute Gasteiger partial charge is 0.311 e. The first-order valence-electron chi connectivity index (χ1n) is 9.05. The molecule has 0 bridgehead atoms. The Hall–Kier alpha value is -2.62. The highest BCUT2D eigenvalue weighted by Gasteiger charge is 2.26. The predicted molar refractivity (Wildman–Crippen MR) is 101 cm³/mol. The Bertz CT molecular complexity index is 828. The molecular weight excluding hydrogens is 326 g/mol. The van der Waals surface area contributed by atoms with Crippen LogP contribution in [-0.4, -0.2) is 29.4 Å². The normalized spacial score (nSPS) is 14.5. The van der Waals surface area contributed by atoms with Gasteiger partial charge in [-0.25, -0.2) is 0 Å². The lowest BCUT2D eigenvalue weighted by atomic mass is 9.99. The molecule has 26 heavy (non-hydrogen) atoms. The van der Waals surface area contributed by atoms with Gasteiger partial charge in [-0.15, -0.1) is 0 Å². The summed E-state index contributed by atoms with van der Waals surface area (Å²) in [5.41, 5.74) is 5.70. The fourth-order valence-electron chi connectivity index (χ4n) is 3.31. The molecule has 2 aromatic carbocycles. The fourth-order valence-corrected chi connectivity index (χ4v) is 3.31. The Kier molecular flexibility index (Phi) is 5.40. The largest absolute Gasteiger partial charge is 0.452 e. The van der Waals surface area contributed by atoms with Gasteiger partial charge in [0.25, 0.3) is 5.91 Å².